The van der Waals surface area contributed by atoms with Gasteiger partial charge >= 0.3 is 0 Å². The predicted molar refractivity (Wildman–Crippen MR) is 130 cm³/mol. The van der Waals surface area contributed by atoms with Gasteiger partial charge in [0.15, 0.2) is 0 Å². The van der Waals surface area contributed by atoms with Crippen molar-refractivity contribution in [3.8, 4) is 0 Å². The number of benzene rings is 1. The molecule has 1 aromatic carbocycles. The molecule has 4 rings (SSSR count). The fraction of sp³-hybridized carbons (Fsp3) is 0.577. The zero-order valence-corrected chi connectivity index (χ0v) is 20.2. The van der Waals surface area contributed by atoms with E-state index in [9.17, 15) is 9.59 Å². The summed E-state index contributed by atoms with van der Waals surface area (Å²) in [6, 6.07) is 8.90. The third kappa shape index (κ3) is 5.46. The van der Waals surface area contributed by atoms with Gasteiger partial charge in [0, 0.05) is 63.5 Å². The molecule has 2 aliphatic heterocycles. The Hall–Kier alpha value is -2.67. The number of para-hydroxylation sites is 1. The van der Waals surface area contributed by atoms with Crippen LogP contribution in [0.25, 0.3) is 0 Å². The van der Waals surface area contributed by atoms with Crippen LogP contribution in [-0.2, 0) is 29.6 Å². The van der Waals surface area contributed by atoms with Gasteiger partial charge in [-0.1, -0.05) is 31.5 Å². The SMILES string of the molecule is CCC(=O)N1CCC2CCCC(CN(C(=O)CCc3cnn(C)c3)Cc3ccccc31)N2C. The second kappa shape index (κ2) is 10.5. The minimum absolute atomic E-state index is 0.145. The minimum Gasteiger partial charge on any atom is -0.337 e. The van der Waals surface area contributed by atoms with Crippen LogP contribution >= 0.6 is 0 Å². The number of carbonyl (C=O) groups is 2. The molecule has 0 aliphatic carbocycles. The van der Waals surface area contributed by atoms with E-state index in [0.29, 0.717) is 37.9 Å². The summed E-state index contributed by atoms with van der Waals surface area (Å²) in [4.78, 5) is 32.9. The second-order valence-corrected chi connectivity index (χ2v) is 9.52. The number of carbonyl (C=O) groups excluding carboxylic acids is 2. The van der Waals surface area contributed by atoms with Crippen molar-refractivity contribution in [2.24, 2.45) is 7.05 Å². The summed E-state index contributed by atoms with van der Waals surface area (Å²) in [5.74, 6) is 0.308. The highest BCUT2D eigenvalue weighted by Crippen LogP contribution is 2.30. The van der Waals surface area contributed by atoms with Crippen LogP contribution in [-0.4, -0.2) is 63.6 Å². The number of likely N-dealkylation sites (N-methyl/N-ethyl adjacent to an activating group) is 1. The molecule has 0 saturated carbocycles. The molecule has 0 N–H and O–H groups in total. The van der Waals surface area contributed by atoms with Crippen LogP contribution in [0, 0.1) is 0 Å². The standard InChI is InChI=1S/C26H37N5O2/c1-4-25(32)31-15-14-22-9-7-10-23(29(22)3)19-30(18-21-8-5-6-11-24(21)31)26(33)13-12-20-16-27-28(2)17-20/h5-6,8,11,16-17,22-23H,4,7,9-10,12-15,18-19H2,1-3H3. The Labute approximate surface area is 197 Å². The van der Waals surface area contributed by atoms with E-state index in [1.54, 1.807) is 4.68 Å². The maximum atomic E-state index is 13.5. The van der Waals surface area contributed by atoms with Crippen LogP contribution in [0.5, 0.6) is 0 Å². The second-order valence-electron chi connectivity index (χ2n) is 9.52. The number of hydrogen-bond acceptors (Lipinski definition) is 4. The van der Waals surface area contributed by atoms with Crippen LogP contribution in [0.15, 0.2) is 36.7 Å². The maximum Gasteiger partial charge on any atom is 0.226 e. The summed E-state index contributed by atoms with van der Waals surface area (Å²) in [6.45, 7) is 3.91. The molecule has 2 bridgehead atoms. The van der Waals surface area contributed by atoms with Crippen LogP contribution in [0.2, 0.25) is 0 Å². The van der Waals surface area contributed by atoms with E-state index in [4.69, 9.17) is 0 Å². The van der Waals surface area contributed by atoms with E-state index in [0.717, 1.165) is 49.2 Å². The van der Waals surface area contributed by atoms with E-state index in [1.165, 1.54) is 6.42 Å². The third-order valence-corrected chi connectivity index (χ3v) is 7.33. The van der Waals surface area contributed by atoms with Crippen LogP contribution < -0.4 is 4.90 Å². The van der Waals surface area contributed by atoms with E-state index in [-0.39, 0.29) is 11.8 Å². The number of anilines is 1. The summed E-state index contributed by atoms with van der Waals surface area (Å²) in [5.41, 5.74) is 3.08. The first-order valence-electron chi connectivity index (χ1n) is 12.3. The van der Waals surface area contributed by atoms with Gasteiger partial charge in [-0.2, -0.15) is 5.10 Å². The first kappa shape index (κ1) is 23.5. The summed E-state index contributed by atoms with van der Waals surface area (Å²) in [6.07, 6.45) is 9.84. The topological polar surface area (TPSA) is 61.7 Å². The van der Waals surface area contributed by atoms with Crippen LogP contribution in [0.3, 0.4) is 0 Å². The van der Waals surface area contributed by atoms with Gasteiger partial charge in [-0.05, 0) is 49.9 Å². The third-order valence-electron chi connectivity index (χ3n) is 7.33. The Bertz CT molecular complexity index is 971. The molecule has 1 aromatic heterocycles. The average Bonchev–Trinajstić information content (AvgIpc) is 3.24. The quantitative estimate of drug-likeness (QED) is 0.715. The summed E-state index contributed by atoms with van der Waals surface area (Å²) < 4.78 is 1.78. The Morgan fingerprint density at radius 1 is 1.06 bits per heavy atom. The van der Waals surface area contributed by atoms with Gasteiger partial charge in [0.2, 0.25) is 11.8 Å². The molecule has 1 fully saturated rings. The van der Waals surface area contributed by atoms with Gasteiger partial charge in [-0.3, -0.25) is 19.2 Å². The molecule has 2 unspecified atom stereocenters. The summed E-state index contributed by atoms with van der Waals surface area (Å²) >= 11 is 0. The number of rotatable bonds is 4. The summed E-state index contributed by atoms with van der Waals surface area (Å²) in [7, 11) is 4.10. The monoisotopic (exact) mass is 451 g/mol. The fourth-order valence-electron chi connectivity index (χ4n) is 5.34. The molecule has 1 saturated heterocycles. The number of fused-ring (bicyclic) bond motifs is 3. The number of aryl methyl sites for hydroxylation is 2. The van der Waals surface area contributed by atoms with Gasteiger partial charge in [0.1, 0.15) is 0 Å². The van der Waals surface area contributed by atoms with Crippen molar-refractivity contribution in [3.63, 3.8) is 0 Å². The van der Waals surface area contributed by atoms with Gasteiger partial charge in [0.25, 0.3) is 0 Å². The van der Waals surface area contributed by atoms with E-state index >= 15 is 0 Å². The van der Waals surface area contributed by atoms with Crippen LogP contribution in [0.1, 0.15) is 56.6 Å². The average molecular weight is 452 g/mol. The highest BCUT2D eigenvalue weighted by Gasteiger charge is 2.32. The minimum atomic E-state index is 0.145. The van der Waals surface area contributed by atoms with Crippen molar-refractivity contribution >= 4 is 17.5 Å². The smallest absolute Gasteiger partial charge is 0.226 e. The lowest BCUT2D eigenvalue weighted by atomic mass is 9.93. The molecule has 7 nitrogen and oxygen atoms in total. The normalized spacial score (nSPS) is 21.9. The molecule has 2 aliphatic rings. The molecule has 178 valence electrons. The Kier molecular flexibility index (Phi) is 7.48. The lowest BCUT2D eigenvalue weighted by Gasteiger charge is -2.42. The molecular weight excluding hydrogens is 414 g/mol. The number of nitrogens with zero attached hydrogens (tertiary/aromatic N) is 5. The predicted octanol–water partition coefficient (Wildman–Crippen LogP) is 3.38. The molecule has 7 heteroatoms. The van der Waals surface area contributed by atoms with E-state index in [2.05, 4.69) is 23.1 Å². The van der Waals surface area contributed by atoms with Crippen molar-refractivity contribution < 1.29 is 9.59 Å². The van der Waals surface area contributed by atoms with Gasteiger partial charge < -0.3 is 9.80 Å². The van der Waals surface area contributed by atoms with Gasteiger partial charge in [-0.25, -0.2) is 0 Å². The van der Waals surface area contributed by atoms with Crippen molar-refractivity contribution in [1.82, 2.24) is 19.6 Å². The first-order valence-corrected chi connectivity index (χ1v) is 12.3. The molecule has 0 spiro atoms. The molecule has 2 amide bonds. The van der Waals surface area contributed by atoms with Crippen molar-refractivity contribution in [1.29, 1.82) is 0 Å². The Morgan fingerprint density at radius 3 is 2.61 bits per heavy atom. The molecule has 0 radical (unpaired) electrons. The highest BCUT2D eigenvalue weighted by molar-refractivity contribution is 5.94. The Balaban J connectivity index is 1.63. The molecule has 2 atom stereocenters. The largest absolute Gasteiger partial charge is 0.337 e. The van der Waals surface area contributed by atoms with Crippen LogP contribution in [0.4, 0.5) is 5.69 Å². The van der Waals surface area contributed by atoms with Gasteiger partial charge in [0.05, 0.1) is 6.20 Å². The van der Waals surface area contributed by atoms with Gasteiger partial charge in [-0.15, -0.1) is 0 Å². The molecule has 33 heavy (non-hydrogen) atoms. The number of amides is 2. The summed E-state index contributed by atoms with van der Waals surface area (Å²) in [5, 5.41) is 4.23. The maximum absolute atomic E-state index is 13.5. The fourth-order valence-corrected chi connectivity index (χ4v) is 5.34. The zero-order chi connectivity index (χ0) is 23.4. The number of piperidine rings is 1. The lowest BCUT2D eigenvalue weighted by molar-refractivity contribution is -0.133. The number of aromatic nitrogens is 2. The highest BCUT2D eigenvalue weighted by atomic mass is 16.2. The van der Waals surface area contributed by atoms with E-state index < -0.39 is 0 Å². The van der Waals surface area contributed by atoms with Crippen molar-refractivity contribution in [2.75, 3.05) is 25.0 Å². The van der Waals surface area contributed by atoms with Crippen molar-refractivity contribution in [3.05, 3.63) is 47.8 Å². The first-order chi connectivity index (χ1) is 16.0. The molecule has 3 heterocycles. The molecule has 2 aromatic rings. The van der Waals surface area contributed by atoms with E-state index in [1.807, 2.05) is 54.4 Å². The molecular formula is C26H37N5O2. The lowest BCUT2D eigenvalue weighted by Crippen LogP contribution is -2.50. The number of hydrogen-bond donors (Lipinski definition) is 0. The Morgan fingerprint density at radius 2 is 1.85 bits per heavy atom. The zero-order valence-electron chi connectivity index (χ0n) is 20.2. The van der Waals surface area contributed by atoms with Crippen molar-refractivity contribution in [2.45, 2.75) is 70.5 Å².